The summed E-state index contributed by atoms with van der Waals surface area (Å²) in [7, 11) is 0. The van der Waals surface area contributed by atoms with Gasteiger partial charge in [0.1, 0.15) is 0 Å². The van der Waals surface area contributed by atoms with E-state index in [-0.39, 0.29) is 5.54 Å². The van der Waals surface area contributed by atoms with E-state index in [1.54, 1.807) is 11.3 Å². The third-order valence-electron chi connectivity index (χ3n) is 1.84. The van der Waals surface area contributed by atoms with Gasteiger partial charge in [0, 0.05) is 33.3 Å². The van der Waals surface area contributed by atoms with Gasteiger partial charge in [0.2, 0.25) is 0 Å². The zero-order valence-electron chi connectivity index (χ0n) is 8.55. The second-order valence-corrected chi connectivity index (χ2v) is 5.61. The number of ether oxygens (including phenoxy) is 1. The first kappa shape index (κ1) is 12.2. The molecule has 4 heteroatoms. The van der Waals surface area contributed by atoms with Crippen molar-refractivity contribution in [3.05, 3.63) is 20.8 Å². The summed E-state index contributed by atoms with van der Waals surface area (Å²) in [5.74, 6) is 0. The lowest BCUT2D eigenvalue weighted by atomic mass is 10.00. The predicted molar refractivity (Wildman–Crippen MR) is 64.8 cm³/mol. The topological polar surface area (TPSA) is 35.2 Å². The highest BCUT2D eigenvalue weighted by molar-refractivity contribution is 9.10. The SMILES string of the molecule is CCOCC(C)(N)Cc1cc(Br)cs1. The Kier molecular flexibility index (Phi) is 4.57. The van der Waals surface area contributed by atoms with Crippen LogP contribution in [0.4, 0.5) is 0 Å². The summed E-state index contributed by atoms with van der Waals surface area (Å²) in [6.07, 6.45) is 0.864. The van der Waals surface area contributed by atoms with Crippen LogP contribution in [-0.4, -0.2) is 18.8 Å². The maximum Gasteiger partial charge on any atom is 0.0646 e. The molecule has 0 radical (unpaired) electrons. The summed E-state index contributed by atoms with van der Waals surface area (Å²) in [4.78, 5) is 1.29. The number of nitrogens with two attached hydrogens (primary N) is 1. The minimum absolute atomic E-state index is 0.264. The Bertz CT molecular complexity index is 285. The van der Waals surface area contributed by atoms with Gasteiger partial charge in [-0.1, -0.05) is 0 Å². The van der Waals surface area contributed by atoms with Gasteiger partial charge >= 0.3 is 0 Å². The van der Waals surface area contributed by atoms with E-state index in [0.717, 1.165) is 17.5 Å². The summed E-state index contributed by atoms with van der Waals surface area (Å²) >= 11 is 5.16. The van der Waals surface area contributed by atoms with Crippen LogP contribution in [-0.2, 0) is 11.2 Å². The average molecular weight is 278 g/mol. The van der Waals surface area contributed by atoms with Gasteiger partial charge in [0.05, 0.1) is 6.61 Å². The molecule has 80 valence electrons. The first-order valence-electron chi connectivity index (χ1n) is 4.63. The summed E-state index contributed by atoms with van der Waals surface area (Å²) in [6.45, 7) is 5.34. The Balaban J connectivity index is 2.49. The largest absolute Gasteiger partial charge is 0.380 e. The van der Waals surface area contributed by atoms with Crippen molar-refractivity contribution in [3.63, 3.8) is 0 Å². The van der Waals surface area contributed by atoms with E-state index in [0.29, 0.717) is 6.61 Å². The highest BCUT2D eigenvalue weighted by Crippen LogP contribution is 2.23. The van der Waals surface area contributed by atoms with E-state index >= 15 is 0 Å². The standard InChI is InChI=1S/C10H16BrNOS/c1-3-13-7-10(2,12)5-9-4-8(11)6-14-9/h4,6H,3,5,7,12H2,1-2H3. The highest BCUT2D eigenvalue weighted by Gasteiger charge is 2.19. The molecule has 2 N–H and O–H groups in total. The molecule has 1 unspecified atom stereocenters. The van der Waals surface area contributed by atoms with Crippen LogP contribution >= 0.6 is 27.3 Å². The van der Waals surface area contributed by atoms with Gasteiger partial charge in [-0.25, -0.2) is 0 Å². The third-order valence-corrected chi connectivity index (χ3v) is 3.53. The zero-order valence-corrected chi connectivity index (χ0v) is 11.0. The van der Waals surface area contributed by atoms with Crippen LogP contribution in [0.25, 0.3) is 0 Å². The number of hydrogen-bond acceptors (Lipinski definition) is 3. The molecule has 14 heavy (non-hydrogen) atoms. The van der Waals surface area contributed by atoms with Crippen LogP contribution in [0, 0.1) is 0 Å². The van der Waals surface area contributed by atoms with Crippen LogP contribution < -0.4 is 5.73 Å². The molecule has 0 saturated carbocycles. The molecule has 1 atom stereocenters. The third kappa shape index (κ3) is 4.09. The lowest BCUT2D eigenvalue weighted by Gasteiger charge is -2.23. The molecule has 0 aliphatic rings. The molecule has 0 bridgehead atoms. The van der Waals surface area contributed by atoms with Crippen molar-refractivity contribution in [1.29, 1.82) is 0 Å². The van der Waals surface area contributed by atoms with Gasteiger partial charge in [-0.2, -0.15) is 0 Å². The van der Waals surface area contributed by atoms with E-state index in [9.17, 15) is 0 Å². The Morgan fingerprint density at radius 1 is 1.64 bits per heavy atom. The fourth-order valence-corrected chi connectivity index (χ4v) is 2.88. The van der Waals surface area contributed by atoms with Crippen molar-refractivity contribution in [2.24, 2.45) is 5.73 Å². The van der Waals surface area contributed by atoms with Gasteiger partial charge < -0.3 is 10.5 Å². The Morgan fingerprint density at radius 2 is 2.36 bits per heavy atom. The smallest absolute Gasteiger partial charge is 0.0646 e. The molecule has 0 amide bonds. The molecule has 1 heterocycles. The van der Waals surface area contributed by atoms with Gasteiger partial charge in [0.25, 0.3) is 0 Å². The molecular formula is C10H16BrNOS. The lowest BCUT2D eigenvalue weighted by Crippen LogP contribution is -2.43. The number of rotatable bonds is 5. The van der Waals surface area contributed by atoms with Crippen LogP contribution in [0.2, 0.25) is 0 Å². The number of thiophene rings is 1. The molecular weight excluding hydrogens is 262 g/mol. The molecule has 0 saturated heterocycles. The number of halogens is 1. The predicted octanol–water partition coefficient (Wildman–Crippen LogP) is 2.81. The Labute approximate surface area is 97.6 Å². The van der Waals surface area contributed by atoms with E-state index in [4.69, 9.17) is 10.5 Å². The highest BCUT2D eigenvalue weighted by atomic mass is 79.9. The Morgan fingerprint density at radius 3 is 2.86 bits per heavy atom. The second-order valence-electron chi connectivity index (χ2n) is 3.70. The van der Waals surface area contributed by atoms with Crippen LogP contribution in [0.3, 0.4) is 0 Å². The lowest BCUT2D eigenvalue weighted by molar-refractivity contribution is 0.102. The van der Waals surface area contributed by atoms with Gasteiger partial charge in [-0.15, -0.1) is 11.3 Å². The summed E-state index contributed by atoms with van der Waals surface area (Å²) in [6, 6.07) is 2.11. The maximum absolute atomic E-state index is 6.11. The maximum atomic E-state index is 6.11. The second kappa shape index (κ2) is 5.26. The van der Waals surface area contributed by atoms with Crippen molar-refractivity contribution in [3.8, 4) is 0 Å². The van der Waals surface area contributed by atoms with Crippen molar-refractivity contribution in [2.45, 2.75) is 25.8 Å². The van der Waals surface area contributed by atoms with E-state index in [2.05, 4.69) is 27.4 Å². The molecule has 0 spiro atoms. The molecule has 0 aliphatic heterocycles. The first-order valence-corrected chi connectivity index (χ1v) is 6.30. The van der Waals surface area contributed by atoms with Gasteiger partial charge in [-0.05, 0) is 35.8 Å². The Hall–Kier alpha value is 0.1000. The van der Waals surface area contributed by atoms with Crippen LogP contribution in [0.15, 0.2) is 15.9 Å². The van der Waals surface area contributed by atoms with E-state index < -0.39 is 0 Å². The average Bonchev–Trinajstić information content (AvgIpc) is 2.47. The van der Waals surface area contributed by atoms with Crippen molar-refractivity contribution >= 4 is 27.3 Å². The quantitative estimate of drug-likeness (QED) is 0.899. The van der Waals surface area contributed by atoms with Gasteiger partial charge in [0.15, 0.2) is 0 Å². The molecule has 2 nitrogen and oxygen atoms in total. The van der Waals surface area contributed by atoms with Crippen molar-refractivity contribution in [2.75, 3.05) is 13.2 Å². The number of hydrogen-bond donors (Lipinski definition) is 1. The minimum atomic E-state index is -0.264. The van der Waals surface area contributed by atoms with Gasteiger partial charge in [-0.3, -0.25) is 0 Å². The van der Waals surface area contributed by atoms with Crippen LogP contribution in [0.5, 0.6) is 0 Å². The first-order chi connectivity index (χ1) is 6.53. The summed E-state index contributed by atoms with van der Waals surface area (Å²) in [5.41, 5.74) is 5.85. The molecule has 1 aromatic rings. The minimum Gasteiger partial charge on any atom is -0.380 e. The zero-order chi connectivity index (χ0) is 10.6. The summed E-state index contributed by atoms with van der Waals surface area (Å²) in [5, 5.41) is 2.08. The molecule has 1 aromatic heterocycles. The molecule has 1 rings (SSSR count). The molecule has 0 aliphatic carbocycles. The fraction of sp³-hybridized carbons (Fsp3) is 0.600. The van der Waals surface area contributed by atoms with E-state index in [1.807, 2.05) is 13.8 Å². The fourth-order valence-electron chi connectivity index (χ4n) is 1.23. The van der Waals surface area contributed by atoms with Crippen molar-refractivity contribution < 1.29 is 4.74 Å². The normalized spacial score (nSPS) is 15.4. The monoisotopic (exact) mass is 277 g/mol. The van der Waals surface area contributed by atoms with Crippen molar-refractivity contribution in [1.82, 2.24) is 0 Å². The van der Waals surface area contributed by atoms with Crippen LogP contribution in [0.1, 0.15) is 18.7 Å². The molecule has 0 fully saturated rings. The summed E-state index contributed by atoms with van der Waals surface area (Å²) < 4.78 is 6.47. The molecule has 0 aromatic carbocycles. The van der Waals surface area contributed by atoms with E-state index in [1.165, 1.54) is 4.88 Å².